The Hall–Kier alpha value is -12.1. The highest BCUT2D eigenvalue weighted by molar-refractivity contribution is 6.16. The third kappa shape index (κ3) is 17.3. The minimum atomic E-state index is -0.736. The predicted molar refractivity (Wildman–Crippen MR) is 565 cm³/mol. The summed E-state index contributed by atoms with van der Waals surface area (Å²) in [7, 11) is 17.5. The second-order valence-electron chi connectivity index (χ2n) is 43.7. The van der Waals surface area contributed by atoms with Crippen LogP contribution in [0.2, 0.25) is 0 Å². The molecule has 1 saturated carbocycles. The van der Waals surface area contributed by atoms with E-state index in [1.54, 1.807) is 21.7 Å². The van der Waals surface area contributed by atoms with Crippen molar-refractivity contribution in [2.45, 2.75) is 228 Å². The number of pyridine rings is 5. The SMILES string of the molecule is CCCCN1C(=O)C2CN(C)C(C)CN2c2c1c(=O)n(C)c1c(F)c(C)c(F)cc21.CCCN1C(=O)C2CN(C)C(C)CN2c2c1c(=O)n(C)c1c(F)c(C)c(F)cc21.Cc1c(F)cc2c3c(c(=O)n(C)c2c1F)N(C(C)C)CC1CN(C)C(C)CN31.Cc1c(F)cc2c3c(c(=O)n(C)c2c1F)N(C1CCC1)C(=O)C1CN(C)C(C)CN31.Cc1c(F)cc2c3c(c(=O)n(C)c2c1F)N(CCC(C)C)C(=O)C1CN(C)C(C)CN31. The Labute approximate surface area is 854 Å². The predicted octanol–water partition coefficient (Wildman–Crippen LogP) is 13.6. The molecule has 5 aromatic carbocycles. The molecule has 5 saturated heterocycles. The Morgan fingerprint density at radius 1 is 0.297 bits per heavy atom. The average molecular weight is 2060 g/mol. The standard InChI is InChI=1S/C23H30F2N4O2.C22H26F2N4O2.C22H28F2N4O2.C21H26F2N4O2.C21H28F2N4O/c1-12(2)7-8-28-21-20(29-10-13(3)26(5)11-17(29)22(28)30)15-9-16(24)14(4)18(25)19(15)27(6)23(21)31;1-11-9-27-16(10-25(11)3)21(29)28(13-6-5-7-13)20-19(27)14-8-15(23)12(2)17(24)18(14)26(4)22(20)30;1-6-7-8-27-20-19(28-10-12(2)25(4)11-16(28)21(27)29)14-9-15(23)13(3)17(24)18(14)26(5)22(20)30;1-6-7-26-19-18(27-9-11(2)24(4)10-15(27)20(26)28)13-8-14(22)12(3)16(23)17(13)25(5)21(19)29;1-11(2)26-10-14-9-24(5)12(3)8-27(14)19-15-7-16(22)13(4)17(23)18(15)25(6)21(28)20(19)26/h9,12-13,17H,7-8,10-11H2,1-6H3;8,11,13,16H,5-7,9-10H2,1-4H3;9,12,16H,6-8,10-11H2,1-5H3;8,11,15H,6-7,9-10H2,1-5H3;7,11-12,14H,8-10H2,1-6H3. The van der Waals surface area contributed by atoms with Gasteiger partial charge in [0.05, 0.1) is 62.1 Å². The minimum absolute atomic E-state index is 0.0339. The summed E-state index contributed by atoms with van der Waals surface area (Å²) in [6.07, 6.45) is 5.67. The number of piperazine rings is 5. The molecule has 0 bridgehead atoms. The summed E-state index contributed by atoms with van der Waals surface area (Å²) in [5.41, 5.74) is 2.16. The molecule has 10 aliphatic heterocycles. The van der Waals surface area contributed by atoms with Crippen molar-refractivity contribution in [2.24, 2.45) is 41.2 Å². The molecular formula is C109H138F10N20O9. The van der Waals surface area contributed by atoms with Crippen molar-refractivity contribution in [1.29, 1.82) is 0 Å². The Morgan fingerprint density at radius 3 is 0.845 bits per heavy atom. The van der Waals surface area contributed by atoms with E-state index in [0.717, 1.165) is 58.2 Å². The van der Waals surface area contributed by atoms with Crippen LogP contribution in [0.4, 0.5) is 101 Å². The third-order valence-corrected chi connectivity index (χ3v) is 33.6. The van der Waals surface area contributed by atoms with Crippen LogP contribution in [0, 0.1) is 98.7 Å². The number of aryl methyl sites for hydroxylation is 5. The van der Waals surface area contributed by atoms with Gasteiger partial charge in [-0.2, -0.15) is 0 Å². The monoisotopic (exact) mass is 2060 g/mol. The molecule has 10 atom stereocenters. The van der Waals surface area contributed by atoms with E-state index in [2.05, 4.69) is 76.0 Å². The van der Waals surface area contributed by atoms with E-state index in [9.17, 15) is 65.1 Å². The van der Waals surface area contributed by atoms with E-state index >= 15 is 22.0 Å². The van der Waals surface area contributed by atoms with Crippen molar-refractivity contribution >= 4 is 135 Å². The van der Waals surface area contributed by atoms with E-state index in [1.165, 1.54) is 121 Å². The van der Waals surface area contributed by atoms with Crippen molar-refractivity contribution < 1.29 is 63.1 Å². The molecule has 4 amide bonds. The molecule has 0 radical (unpaired) electrons. The molecule has 21 rings (SSSR count). The van der Waals surface area contributed by atoms with Gasteiger partial charge in [-0.1, -0.05) is 34.1 Å². The fraction of sp³-hybridized carbons (Fsp3) is 0.550. The summed E-state index contributed by atoms with van der Waals surface area (Å²) in [5, 5.41) is 1.83. The fourth-order valence-corrected chi connectivity index (χ4v) is 23.6. The number of carbonyl (C=O) groups excluding carboxylic acids is 4. The summed E-state index contributed by atoms with van der Waals surface area (Å²) < 4.78 is 155. The maximum atomic E-state index is 15.2. The van der Waals surface area contributed by atoms with Gasteiger partial charge in [-0.05, 0) is 193 Å². The topological polar surface area (TPSA) is 227 Å². The van der Waals surface area contributed by atoms with Crippen LogP contribution in [0.15, 0.2) is 54.3 Å². The van der Waals surface area contributed by atoms with Gasteiger partial charge in [0, 0.05) is 224 Å². The zero-order valence-corrected chi connectivity index (χ0v) is 89.6. The van der Waals surface area contributed by atoms with Gasteiger partial charge in [-0.3, -0.25) is 67.7 Å². The van der Waals surface area contributed by atoms with Crippen LogP contribution in [-0.4, -0.2) is 270 Å². The Bertz CT molecular complexity index is 7470. The number of rotatable bonds is 10. The zero-order valence-electron chi connectivity index (χ0n) is 89.6. The van der Waals surface area contributed by atoms with Gasteiger partial charge in [0.15, 0.2) is 29.1 Å². The summed E-state index contributed by atoms with van der Waals surface area (Å²) in [5.74, 6) is -6.92. The van der Waals surface area contributed by atoms with E-state index in [1.807, 2.05) is 89.3 Å². The summed E-state index contributed by atoms with van der Waals surface area (Å²) in [6.45, 7) is 36.8. The first-order valence-electron chi connectivity index (χ1n) is 51.7. The number of halogens is 10. The number of likely N-dealkylation sites (N-methyl/N-ethyl adjacent to an activating group) is 5. The molecule has 39 heteroatoms. The highest BCUT2D eigenvalue weighted by Crippen LogP contribution is 2.51. The van der Waals surface area contributed by atoms with Gasteiger partial charge in [0.2, 0.25) is 0 Å². The minimum Gasteiger partial charge on any atom is -0.362 e. The highest BCUT2D eigenvalue weighted by atomic mass is 19.2. The van der Waals surface area contributed by atoms with Gasteiger partial charge < -0.3 is 71.8 Å². The van der Waals surface area contributed by atoms with Gasteiger partial charge in [0.1, 0.15) is 81.7 Å². The van der Waals surface area contributed by atoms with Crippen LogP contribution in [0.25, 0.3) is 54.5 Å². The second kappa shape index (κ2) is 40.3. The Morgan fingerprint density at radius 2 is 0.561 bits per heavy atom. The summed E-state index contributed by atoms with van der Waals surface area (Å²) in [4.78, 5) is 150. The zero-order chi connectivity index (χ0) is 108. The molecule has 10 unspecified atom stereocenters. The molecular weight excluding hydrogens is 1920 g/mol. The molecule has 5 aromatic heterocycles. The first-order valence-corrected chi connectivity index (χ1v) is 51.7. The van der Waals surface area contributed by atoms with Gasteiger partial charge in [0.25, 0.3) is 51.4 Å². The van der Waals surface area contributed by atoms with Crippen molar-refractivity contribution in [1.82, 2.24) is 47.3 Å². The van der Waals surface area contributed by atoms with Crippen LogP contribution in [0.3, 0.4) is 0 Å². The lowest BCUT2D eigenvalue weighted by Crippen LogP contribution is -2.67. The van der Waals surface area contributed by atoms with Crippen LogP contribution in [0.1, 0.15) is 149 Å². The van der Waals surface area contributed by atoms with Crippen LogP contribution in [-0.2, 0) is 54.4 Å². The fourth-order valence-electron chi connectivity index (χ4n) is 23.6. The lowest BCUT2D eigenvalue weighted by molar-refractivity contribution is -0.122. The molecule has 148 heavy (non-hydrogen) atoms. The number of aromatic nitrogens is 5. The lowest BCUT2D eigenvalue weighted by atomic mass is 9.88. The van der Waals surface area contributed by atoms with Crippen molar-refractivity contribution in [3.8, 4) is 0 Å². The van der Waals surface area contributed by atoms with Crippen molar-refractivity contribution in [3.05, 3.63) is 168 Å². The van der Waals surface area contributed by atoms with Crippen LogP contribution < -0.4 is 76.8 Å². The number of hydrogen-bond acceptors (Lipinski definition) is 20. The molecule has 1 aliphatic carbocycles. The Balaban J connectivity index is 0.000000126. The first kappa shape index (κ1) is 107. The van der Waals surface area contributed by atoms with Crippen LogP contribution in [0.5, 0.6) is 0 Å². The number of hydrogen-bond donors (Lipinski definition) is 0. The van der Waals surface area contributed by atoms with Crippen molar-refractivity contribution in [3.63, 3.8) is 0 Å². The van der Waals surface area contributed by atoms with E-state index < -0.39 is 105 Å². The molecule has 0 spiro atoms. The maximum Gasteiger partial charge on any atom is 0.277 e. The number of carbonyl (C=O) groups is 4. The lowest BCUT2D eigenvalue weighted by Gasteiger charge is -2.52. The summed E-state index contributed by atoms with van der Waals surface area (Å²) in [6, 6.07) is 5.73. The molecule has 11 aliphatic rings. The largest absolute Gasteiger partial charge is 0.362 e. The maximum absolute atomic E-state index is 15.2. The molecule has 0 N–H and O–H groups in total. The smallest absolute Gasteiger partial charge is 0.277 e. The van der Waals surface area contributed by atoms with Gasteiger partial charge >= 0.3 is 0 Å². The van der Waals surface area contributed by atoms with E-state index in [4.69, 9.17) is 0 Å². The van der Waals surface area contributed by atoms with E-state index in [0.29, 0.717) is 145 Å². The highest BCUT2D eigenvalue weighted by Gasteiger charge is 2.53. The third-order valence-electron chi connectivity index (χ3n) is 33.6. The molecule has 29 nitrogen and oxygen atoms in total. The first-order chi connectivity index (χ1) is 69.8. The number of benzene rings is 5. The van der Waals surface area contributed by atoms with Gasteiger partial charge in [-0.15, -0.1) is 0 Å². The average Bonchev–Trinajstić information content (AvgIpc) is 0.708. The molecule has 798 valence electrons. The summed E-state index contributed by atoms with van der Waals surface area (Å²) >= 11 is 0. The molecule has 10 aromatic rings. The molecule has 6 fully saturated rings. The Kier molecular flexibility index (Phi) is 29.2. The number of anilines is 10. The quantitative estimate of drug-likeness (QED) is 0.116. The van der Waals surface area contributed by atoms with E-state index in [-0.39, 0.29) is 156 Å². The number of amides is 4. The van der Waals surface area contributed by atoms with Crippen LogP contribution >= 0.6 is 0 Å². The number of fused-ring (bicyclic) bond motifs is 25. The molecule has 15 heterocycles. The normalized spacial score (nSPS) is 22.7. The number of unbranched alkanes of at least 4 members (excludes halogenated alkanes) is 1. The second-order valence-corrected chi connectivity index (χ2v) is 43.7. The van der Waals surface area contributed by atoms with Gasteiger partial charge in [-0.25, -0.2) is 43.9 Å². The number of nitrogens with zero attached hydrogens (tertiary/aromatic N) is 20. The van der Waals surface area contributed by atoms with Crippen molar-refractivity contribution in [2.75, 3.05) is 176 Å².